The Labute approximate surface area is 372 Å². The number of nitrogens with zero attached hydrogens (tertiary/aromatic N) is 3. The van der Waals surface area contributed by atoms with Gasteiger partial charge in [-0.2, -0.15) is 0 Å². The molecule has 0 fully saturated rings. The second-order valence-corrected chi connectivity index (χ2v) is 20.6. The van der Waals surface area contributed by atoms with E-state index in [9.17, 15) is 0 Å². The van der Waals surface area contributed by atoms with Gasteiger partial charge in [0.15, 0.2) is 8.07 Å². The van der Waals surface area contributed by atoms with Crippen molar-refractivity contribution in [3.8, 4) is 17.1 Å². The van der Waals surface area contributed by atoms with Crippen LogP contribution in [0.5, 0.6) is 0 Å². The zero-order chi connectivity index (χ0) is 42.2. The second kappa shape index (κ2) is 14.5. The van der Waals surface area contributed by atoms with Gasteiger partial charge in [-0.25, -0.2) is 0 Å². The largest absolute Gasteiger partial charge is 0.309 e. The van der Waals surface area contributed by atoms with E-state index < -0.39 is 8.07 Å². The van der Waals surface area contributed by atoms with Crippen LogP contribution >= 0.6 is 0 Å². The first kappa shape index (κ1) is 36.5. The van der Waals surface area contributed by atoms with Crippen molar-refractivity contribution in [1.82, 2.24) is 13.7 Å². The van der Waals surface area contributed by atoms with E-state index in [1.54, 1.807) is 0 Å². The highest BCUT2D eigenvalue weighted by Gasteiger charge is 2.43. The van der Waals surface area contributed by atoms with Crippen LogP contribution in [0.2, 0.25) is 0 Å². The standard InChI is InChI=1S/C60H41N3Si/c1-5-21-42(22-6-1)61-55-36-18-15-33-52(55)58-56(61)37-20-38-57(58)64(45-26-9-3-10-27-45,46-28-11-4-12-29-46)47-30-19-25-44(41-47)63-54-35-17-14-32-49(54)51-40-39-50-48-31-13-16-34-53(48)62(59(50)60(51)63)43-23-7-2-8-24-43/h1-41H. The number of hydrogen-bond acceptors (Lipinski definition) is 0. The summed E-state index contributed by atoms with van der Waals surface area (Å²) < 4.78 is 7.48. The Morgan fingerprint density at radius 2 is 0.641 bits per heavy atom. The molecule has 300 valence electrons. The number of fused-ring (bicyclic) bond motifs is 10. The Kier molecular flexibility index (Phi) is 8.23. The number of aromatic nitrogens is 3. The molecule has 0 saturated carbocycles. The van der Waals surface area contributed by atoms with E-state index in [2.05, 4.69) is 262 Å². The van der Waals surface area contributed by atoms with Gasteiger partial charge in [-0.15, -0.1) is 0 Å². The van der Waals surface area contributed by atoms with Crippen LogP contribution in [0.3, 0.4) is 0 Å². The Hall–Kier alpha value is -8.18. The summed E-state index contributed by atoms with van der Waals surface area (Å²) in [6.07, 6.45) is 0. The summed E-state index contributed by atoms with van der Waals surface area (Å²) in [4.78, 5) is 0. The minimum absolute atomic E-state index is 1.14. The molecule has 4 heteroatoms. The number of benzene rings is 10. The zero-order valence-corrected chi connectivity index (χ0v) is 36.0. The van der Waals surface area contributed by atoms with Crippen molar-refractivity contribution in [3.63, 3.8) is 0 Å². The van der Waals surface area contributed by atoms with Crippen molar-refractivity contribution in [2.75, 3.05) is 0 Å². The van der Waals surface area contributed by atoms with Gasteiger partial charge in [0.1, 0.15) is 0 Å². The normalized spacial score (nSPS) is 12.1. The van der Waals surface area contributed by atoms with E-state index in [1.807, 2.05) is 0 Å². The minimum atomic E-state index is -3.12. The van der Waals surface area contributed by atoms with Crippen LogP contribution in [-0.4, -0.2) is 21.8 Å². The maximum atomic E-state index is 2.55. The average Bonchev–Trinajstić information content (AvgIpc) is 4.02. The smallest absolute Gasteiger partial charge is 0.180 e. The fourth-order valence-electron chi connectivity index (χ4n) is 11.0. The van der Waals surface area contributed by atoms with Crippen molar-refractivity contribution < 1.29 is 0 Å². The third-order valence-electron chi connectivity index (χ3n) is 13.6. The number of hydrogen-bond donors (Lipinski definition) is 0. The third-order valence-corrected chi connectivity index (χ3v) is 18.4. The zero-order valence-electron chi connectivity index (χ0n) is 35.0. The maximum absolute atomic E-state index is 3.12. The highest BCUT2D eigenvalue weighted by atomic mass is 28.3. The molecule has 0 bridgehead atoms. The lowest BCUT2D eigenvalue weighted by atomic mass is 10.1. The Morgan fingerprint density at radius 1 is 0.250 bits per heavy atom. The molecular weight excluding hydrogens is 791 g/mol. The monoisotopic (exact) mass is 831 g/mol. The number of rotatable bonds is 7. The molecule has 0 aliphatic rings. The van der Waals surface area contributed by atoms with Gasteiger partial charge in [-0.3, -0.25) is 0 Å². The quantitative estimate of drug-likeness (QED) is 0.112. The predicted molar refractivity (Wildman–Crippen MR) is 273 cm³/mol. The van der Waals surface area contributed by atoms with E-state index in [-0.39, 0.29) is 0 Å². The molecule has 0 radical (unpaired) electrons. The van der Waals surface area contributed by atoms with Crippen molar-refractivity contribution >= 4 is 94.2 Å². The highest BCUT2D eigenvalue weighted by Crippen LogP contribution is 2.42. The molecule has 0 aliphatic carbocycles. The molecule has 13 aromatic rings. The van der Waals surface area contributed by atoms with Crippen LogP contribution in [0, 0.1) is 0 Å². The van der Waals surface area contributed by atoms with Gasteiger partial charge in [0.05, 0.1) is 33.1 Å². The third kappa shape index (κ3) is 5.21. The fraction of sp³-hybridized carbons (Fsp3) is 0. The van der Waals surface area contributed by atoms with Crippen molar-refractivity contribution in [2.24, 2.45) is 0 Å². The van der Waals surface area contributed by atoms with Gasteiger partial charge >= 0.3 is 0 Å². The van der Waals surface area contributed by atoms with Crippen molar-refractivity contribution in [3.05, 3.63) is 249 Å². The van der Waals surface area contributed by atoms with Crippen LogP contribution in [0.25, 0.3) is 82.5 Å². The molecule has 3 heterocycles. The van der Waals surface area contributed by atoms with Crippen LogP contribution in [0.1, 0.15) is 0 Å². The Bertz CT molecular complexity index is 3840. The highest BCUT2D eigenvalue weighted by molar-refractivity contribution is 7.20. The van der Waals surface area contributed by atoms with Crippen LogP contribution < -0.4 is 20.7 Å². The first-order valence-corrected chi connectivity index (χ1v) is 24.1. The summed E-state index contributed by atoms with van der Waals surface area (Å²) >= 11 is 0. The molecule has 13 rings (SSSR count). The SMILES string of the molecule is c1ccc(-n2c3ccccc3c3c([Si](c4ccccc4)(c4ccccc4)c4cccc(-n5c6ccccc6c6ccc7c8ccccc8n(-c8ccccc8)c7c65)c4)cccc32)cc1. The van der Waals surface area contributed by atoms with Crippen LogP contribution in [0.15, 0.2) is 249 Å². The van der Waals surface area contributed by atoms with Crippen LogP contribution in [0.4, 0.5) is 0 Å². The molecule has 0 atom stereocenters. The van der Waals surface area contributed by atoms with E-state index in [0.29, 0.717) is 0 Å². The van der Waals surface area contributed by atoms with E-state index in [1.165, 1.54) is 86.2 Å². The molecule has 3 aromatic heterocycles. The molecule has 0 saturated heterocycles. The summed E-state index contributed by atoms with van der Waals surface area (Å²) in [6.45, 7) is 0. The molecule has 0 aliphatic heterocycles. The van der Waals surface area contributed by atoms with Gasteiger partial charge in [0.2, 0.25) is 0 Å². The first-order valence-electron chi connectivity index (χ1n) is 22.1. The molecule has 0 N–H and O–H groups in total. The lowest BCUT2D eigenvalue weighted by Gasteiger charge is -2.35. The molecule has 3 nitrogen and oxygen atoms in total. The molecule has 10 aromatic carbocycles. The summed E-state index contributed by atoms with van der Waals surface area (Å²) in [5.41, 5.74) is 10.7. The first-order chi connectivity index (χ1) is 31.8. The molecule has 0 amide bonds. The van der Waals surface area contributed by atoms with Gasteiger partial charge in [0.25, 0.3) is 0 Å². The van der Waals surface area contributed by atoms with Gasteiger partial charge in [-0.1, -0.05) is 188 Å². The summed E-state index contributed by atoms with van der Waals surface area (Å²) in [6, 6.07) is 92.4. The summed E-state index contributed by atoms with van der Waals surface area (Å²) in [5, 5.41) is 12.9. The van der Waals surface area contributed by atoms with Crippen molar-refractivity contribution in [2.45, 2.75) is 0 Å². The van der Waals surface area contributed by atoms with Gasteiger partial charge < -0.3 is 13.7 Å². The van der Waals surface area contributed by atoms with E-state index >= 15 is 0 Å². The Morgan fingerprint density at radius 3 is 1.20 bits per heavy atom. The number of para-hydroxylation sites is 5. The van der Waals surface area contributed by atoms with Gasteiger partial charge in [0, 0.05) is 49.4 Å². The molecule has 0 unspecified atom stereocenters. The fourth-order valence-corrected chi connectivity index (χ4v) is 16.0. The molecule has 0 spiro atoms. The van der Waals surface area contributed by atoms with Crippen LogP contribution in [-0.2, 0) is 0 Å². The van der Waals surface area contributed by atoms with E-state index in [0.717, 1.165) is 17.1 Å². The van der Waals surface area contributed by atoms with E-state index in [4.69, 9.17) is 0 Å². The predicted octanol–water partition coefficient (Wildman–Crippen LogP) is 12.4. The lowest BCUT2D eigenvalue weighted by Crippen LogP contribution is -2.74. The molecule has 64 heavy (non-hydrogen) atoms. The minimum Gasteiger partial charge on any atom is -0.309 e. The second-order valence-electron chi connectivity index (χ2n) is 16.8. The van der Waals surface area contributed by atoms with Gasteiger partial charge in [-0.05, 0) is 81.4 Å². The molecular formula is C60H41N3Si. The van der Waals surface area contributed by atoms with Crippen molar-refractivity contribution in [1.29, 1.82) is 0 Å². The maximum Gasteiger partial charge on any atom is 0.180 e. The summed E-state index contributed by atoms with van der Waals surface area (Å²) in [7, 11) is -3.12. The summed E-state index contributed by atoms with van der Waals surface area (Å²) in [5.74, 6) is 0. The lowest BCUT2D eigenvalue weighted by molar-refractivity contribution is 1.15. The topological polar surface area (TPSA) is 14.8 Å². The Balaban J connectivity index is 1.18. The average molecular weight is 832 g/mol.